The molecule has 2 aromatic rings. The van der Waals surface area contributed by atoms with E-state index in [1.165, 1.54) is 7.11 Å². The molecule has 0 aliphatic heterocycles. The van der Waals surface area contributed by atoms with E-state index in [4.69, 9.17) is 14.2 Å². The first-order valence-electron chi connectivity index (χ1n) is 7.40. The molecule has 2 N–H and O–H groups in total. The van der Waals surface area contributed by atoms with Gasteiger partial charge in [-0.3, -0.25) is 9.78 Å². The standard InChI is InChI=1S/C17H21N3O4/c1-22-9-8-18-12-6-7-19-15(10-12)17(21)20-14-5-4-13(23-2)11-16(14)24-3/h4-7,10-11H,8-9H2,1-3H3,(H,18,19)(H,20,21). The monoisotopic (exact) mass is 331 g/mol. The molecule has 0 fully saturated rings. The second-order valence-corrected chi connectivity index (χ2v) is 4.87. The highest BCUT2D eigenvalue weighted by atomic mass is 16.5. The Morgan fingerprint density at radius 2 is 1.96 bits per heavy atom. The summed E-state index contributed by atoms with van der Waals surface area (Å²) in [5.41, 5.74) is 1.65. The van der Waals surface area contributed by atoms with Crippen molar-refractivity contribution < 1.29 is 19.0 Å². The minimum Gasteiger partial charge on any atom is -0.497 e. The van der Waals surface area contributed by atoms with Crippen LogP contribution in [0.25, 0.3) is 0 Å². The minimum absolute atomic E-state index is 0.301. The second kappa shape index (κ2) is 8.73. The zero-order valence-electron chi connectivity index (χ0n) is 14.0. The summed E-state index contributed by atoms with van der Waals surface area (Å²) in [5, 5.41) is 5.95. The molecule has 0 saturated heterocycles. The van der Waals surface area contributed by atoms with Gasteiger partial charge < -0.3 is 24.8 Å². The lowest BCUT2D eigenvalue weighted by Gasteiger charge is -2.12. The van der Waals surface area contributed by atoms with E-state index < -0.39 is 0 Å². The third kappa shape index (κ3) is 4.60. The SMILES string of the molecule is COCCNc1ccnc(C(=O)Nc2ccc(OC)cc2OC)c1. The van der Waals surface area contributed by atoms with Crippen molar-refractivity contribution >= 4 is 17.3 Å². The fourth-order valence-electron chi connectivity index (χ4n) is 2.05. The van der Waals surface area contributed by atoms with Crippen LogP contribution in [0.15, 0.2) is 36.5 Å². The molecule has 0 bridgehead atoms. The number of hydrogen-bond acceptors (Lipinski definition) is 6. The molecule has 0 radical (unpaired) electrons. The van der Waals surface area contributed by atoms with Gasteiger partial charge in [0, 0.05) is 31.6 Å². The number of hydrogen-bond donors (Lipinski definition) is 2. The van der Waals surface area contributed by atoms with Crippen molar-refractivity contribution in [2.45, 2.75) is 0 Å². The van der Waals surface area contributed by atoms with Crippen LogP contribution in [-0.2, 0) is 4.74 Å². The fourth-order valence-corrected chi connectivity index (χ4v) is 2.05. The van der Waals surface area contributed by atoms with Gasteiger partial charge in [-0.1, -0.05) is 0 Å². The van der Waals surface area contributed by atoms with Crippen molar-refractivity contribution in [1.82, 2.24) is 4.98 Å². The lowest BCUT2D eigenvalue weighted by Crippen LogP contribution is -2.15. The molecule has 0 unspecified atom stereocenters. The Balaban J connectivity index is 2.11. The number of benzene rings is 1. The number of nitrogens with zero attached hydrogens (tertiary/aromatic N) is 1. The Labute approximate surface area is 140 Å². The van der Waals surface area contributed by atoms with E-state index in [1.807, 2.05) is 0 Å². The van der Waals surface area contributed by atoms with Gasteiger partial charge in [-0.25, -0.2) is 0 Å². The topological polar surface area (TPSA) is 81.7 Å². The smallest absolute Gasteiger partial charge is 0.274 e. The number of nitrogens with one attached hydrogen (secondary N) is 2. The van der Waals surface area contributed by atoms with Crippen molar-refractivity contribution in [3.8, 4) is 11.5 Å². The molecule has 24 heavy (non-hydrogen) atoms. The Hall–Kier alpha value is -2.80. The third-order valence-electron chi connectivity index (χ3n) is 3.28. The number of carbonyl (C=O) groups is 1. The average molecular weight is 331 g/mol. The van der Waals surface area contributed by atoms with Gasteiger partial charge >= 0.3 is 0 Å². The van der Waals surface area contributed by atoms with Crippen LogP contribution in [0.5, 0.6) is 11.5 Å². The van der Waals surface area contributed by atoms with E-state index in [0.29, 0.717) is 36.0 Å². The predicted molar refractivity (Wildman–Crippen MR) is 92.1 cm³/mol. The molecular formula is C17H21N3O4. The molecule has 0 aliphatic rings. The third-order valence-corrected chi connectivity index (χ3v) is 3.28. The molecule has 0 atom stereocenters. The number of rotatable bonds is 8. The van der Waals surface area contributed by atoms with Gasteiger partial charge in [-0.15, -0.1) is 0 Å². The van der Waals surface area contributed by atoms with Crippen molar-refractivity contribution in [3.05, 3.63) is 42.2 Å². The number of ether oxygens (including phenoxy) is 3. The predicted octanol–water partition coefficient (Wildman–Crippen LogP) is 2.41. The number of methoxy groups -OCH3 is 3. The van der Waals surface area contributed by atoms with E-state index in [-0.39, 0.29) is 5.91 Å². The summed E-state index contributed by atoms with van der Waals surface area (Å²) in [5.74, 6) is 0.832. The molecule has 1 aromatic heterocycles. The highest BCUT2D eigenvalue weighted by Gasteiger charge is 2.12. The van der Waals surface area contributed by atoms with Crippen LogP contribution < -0.4 is 20.1 Å². The molecular weight excluding hydrogens is 310 g/mol. The summed E-state index contributed by atoms with van der Waals surface area (Å²) in [6, 6.07) is 8.64. The molecule has 0 aliphatic carbocycles. The minimum atomic E-state index is -0.325. The van der Waals surface area contributed by atoms with E-state index in [9.17, 15) is 4.79 Å². The highest BCUT2D eigenvalue weighted by Crippen LogP contribution is 2.29. The summed E-state index contributed by atoms with van der Waals surface area (Å²) in [6.45, 7) is 1.22. The Morgan fingerprint density at radius 3 is 2.67 bits per heavy atom. The normalized spacial score (nSPS) is 10.1. The van der Waals surface area contributed by atoms with E-state index in [0.717, 1.165) is 5.69 Å². The summed E-state index contributed by atoms with van der Waals surface area (Å²) < 4.78 is 15.4. The first-order chi connectivity index (χ1) is 11.7. The van der Waals surface area contributed by atoms with Crippen molar-refractivity contribution in [2.24, 2.45) is 0 Å². The first kappa shape index (κ1) is 17.6. The van der Waals surface area contributed by atoms with Gasteiger partial charge in [-0.05, 0) is 24.3 Å². The summed E-state index contributed by atoms with van der Waals surface area (Å²) >= 11 is 0. The zero-order valence-corrected chi connectivity index (χ0v) is 14.0. The van der Waals surface area contributed by atoms with Gasteiger partial charge in [0.05, 0.1) is 26.5 Å². The van der Waals surface area contributed by atoms with E-state index in [2.05, 4.69) is 15.6 Å². The highest BCUT2D eigenvalue weighted by molar-refractivity contribution is 6.04. The molecule has 1 aromatic carbocycles. The summed E-state index contributed by atoms with van der Waals surface area (Å²) in [6.07, 6.45) is 1.58. The Bertz CT molecular complexity index is 691. The number of aromatic nitrogens is 1. The number of carbonyl (C=O) groups excluding carboxylic acids is 1. The van der Waals surface area contributed by atoms with Gasteiger partial charge in [0.25, 0.3) is 5.91 Å². The second-order valence-electron chi connectivity index (χ2n) is 4.87. The average Bonchev–Trinajstić information content (AvgIpc) is 2.62. The summed E-state index contributed by atoms with van der Waals surface area (Å²) in [7, 11) is 4.73. The van der Waals surface area contributed by atoms with Gasteiger partial charge in [0.2, 0.25) is 0 Å². The molecule has 0 saturated carbocycles. The molecule has 128 valence electrons. The van der Waals surface area contributed by atoms with Crippen molar-refractivity contribution in [1.29, 1.82) is 0 Å². The van der Waals surface area contributed by atoms with Gasteiger partial charge in [-0.2, -0.15) is 0 Å². The van der Waals surface area contributed by atoms with Crippen molar-refractivity contribution in [2.75, 3.05) is 45.1 Å². The van der Waals surface area contributed by atoms with Crippen LogP contribution in [0.3, 0.4) is 0 Å². The quantitative estimate of drug-likeness (QED) is 0.723. The van der Waals surface area contributed by atoms with Crippen LogP contribution in [0.2, 0.25) is 0 Å². The number of pyridine rings is 1. The van der Waals surface area contributed by atoms with Crippen LogP contribution in [-0.4, -0.2) is 45.4 Å². The maximum Gasteiger partial charge on any atom is 0.274 e. The largest absolute Gasteiger partial charge is 0.497 e. The lowest BCUT2D eigenvalue weighted by atomic mass is 10.2. The van der Waals surface area contributed by atoms with Crippen molar-refractivity contribution in [3.63, 3.8) is 0 Å². The Kier molecular flexibility index (Phi) is 6.39. The fraction of sp³-hybridized carbons (Fsp3) is 0.294. The summed E-state index contributed by atoms with van der Waals surface area (Å²) in [4.78, 5) is 16.5. The molecule has 2 rings (SSSR count). The molecule has 7 nitrogen and oxygen atoms in total. The number of amides is 1. The molecule has 1 heterocycles. The lowest BCUT2D eigenvalue weighted by molar-refractivity contribution is 0.102. The first-order valence-corrected chi connectivity index (χ1v) is 7.40. The Morgan fingerprint density at radius 1 is 1.12 bits per heavy atom. The van der Waals surface area contributed by atoms with Crippen LogP contribution in [0.1, 0.15) is 10.5 Å². The molecule has 0 spiro atoms. The van der Waals surface area contributed by atoms with Gasteiger partial charge in [0.15, 0.2) is 0 Å². The maximum absolute atomic E-state index is 12.4. The molecule has 7 heteroatoms. The van der Waals surface area contributed by atoms with E-state index in [1.54, 1.807) is 50.7 Å². The number of anilines is 2. The zero-order chi connectivity index (χ0) is 17.4. The van der Waals surface area contributed by atoms with Crippen LogP contribution >= 0.6 is 0 Å². The molecule has 1 amide bonds. The van der Waals surface area contributed by atoms with Crippen LogP contribution in [0, 0.1) is 0 Å². The maximum atomic E-state index is 12.4. The van der Waals surface area contributed by atoms with E-state index >= 15 is 0 Å². The van der Waals surface area contributed by atoms with Gasteiger partial charge in [0.1, 0.15) is 17.2 Å². The van der Waals surface area contributed by atoms with Crippen LogP contribution in [0.4, 0.5) is 11.4 Å².